The molecule has 1 rings (SSSR count). The second kappa shape index (κ2) is 6.19. The number of carboxylic acids is 1. The van der Waals surface area contributed by atoms with Crippen molar-refractivity contribution in [2.24, 2.45) is 5.41 Å². The van der Waals surface area contributed by atoms with Gasteiger partial charge in [0.1, 0.15) is 0 Å². The van der Waals surface area contributed by atoms with E-state index in [0.29, 0.717) is 12.0 Å². The molecule has 0 aliphatic heterocycles. The second-order valence-electron chi connectivity index (χ2n) is 5.87. The predicted molar refractivity (Wildman–Crippen MR) is 72.3 cm³/mol. The highest BCUT2D eigenvalue weighted by Gasteiger charge is 2.27. The average Bonchev–Trinajstić information content (AvgIpc) is 2.27. The summed E-state index contributed by atoms with van der Waals surface area (Å²) in [6.07, 6.45) is 7.11. The number of carbonyl (C=O) groups is 1. The van der Waals surface area contributed by atoms with Gasteiger partial charge in [0, 0.05) is 5.57 Å². The lowest BCUT2D eigenvalue weighted by molar-refractivity contribution is -0.132. The molecule has 0 radical (unpaired) electrons. The average molecular weight is 252 g/mol. The molecule has 0 aromatic rings. The van der Waals surface area contributed by atoms with Crippen molar-refractivity contribution in [1.82, 2.24) is 0 Å². The SMILES string of the molecule is CC1=CCCC(C(=O)O)=C[C@@H](O)C(C)(C)CCC1. The molecular weight excluding hydrogens is 228 g/mol. The lowest BCUT2D eigenvalue weighted by Gasteiger charge is -2.29. The van der Waals surface area contributed by atoms with Gasteiger partial charge in [-0.15, -0.1) is 0 Å². The first-order chi connectivity index (χ1) is 8.33. The van der Waals surface area contributed by atoms with Gasteiger partial charge in [0.15, 0.2) is 0 Å². The Kier molecular flexibility index (Phi) is 5.15. The van der Waals surface area contributed by atoms with Crippen LogP contribution in [0.1, 0.15) is 52.9 Å². The normalized spacial score (nSPS) is 25.7. The maximum atomic E-state index is 11.1. The van der Waals surface area contributed by atoms with Crippen LogP contribution in [0, 0.1) is 5.41 Å². The maximum Gasteiger partial charge on any atom is 0.331 e. The molecule has 3 nitrogen and oxygen atoms in total. The summed E-state index contributed by atoms with van der Waals surface area (Å²) >= 11 is 0. The molecule has 2 N–H and O–H groups in total. The Morgan fingerprint density at radius 1 is 1.39 bits per heavy atom. The number of allylic oxidation sites excluding steroid dienone is 2. The Morgan fingerprint density at radius 3 is 2.67 bits per heavy atom. The number of carboxylic acid groups (broad SMARTS) is 1. The van der Waals surface area contributed by atoms with Crippen LogP contribution in [0.3, 0.4) is 0 Å². The zero-order valence-electron chi connectivity index (χ0n) is 11.6. The van der Waals surface area contributed by atoms with E-state index in [4.69, 9.17) is 5.11 Å². The molecule has 0 heterocycles. The fourth-order valence-electron chi connectivity index (χ4n) is 2.22. The standard InChI is InChI=1S/C15H24O3/c1-11-6-4-8-12(14(17)18)10-13(16)15(2,3)9-5-7-11/h6,10,13,16H,4-5,7-9H2,1-3H3,(H,17,18)/t13-/m1/s1. The molecule has 102 valence electrons. The van der Waals surface area contributed by atoms with E-state index in [1.54, 1.807) is 0 Å². The number of aliphatic hydroxyl groups is 1. The molecule has 0 spiro atoms. The molecule has 18 heavy (non-hydrogen) atoms. The third kappa shape index (κ3) is 4.30. The fraction of sp³-hybridized carbons (Fsp3) is 0.667. The molecular formula is C15H24O3. The van der Waals surface area contributed by atoms with Crippen molar-refractivity contribution in [1.29, 1.82) is 0 Å². The molecule has 0 bridgehead atoms. The molecule has 1 aliphatic rings. The van der Waals surface area contributed by atoms with Gasteiger partial charge in [0.05, 0.1) is 6.10 Å². The highest BCUT2D eigenvalue weighted by Crippen LogP contribution is 2.31. The van der Waals surface area contributed by atoms with Crippen molar-refractivity contribution >= 4 is 5.97 Å². The summed E-state index contributed by atoms with van der Waals surface area (Å²) in [4.78, 5) is 11.1. The van der Waals surface area contributed by atoms with E-state index >= 15 is 0 Å². The first-order valence-corrected chi connectivity index (χ1v) is 6.60. The number of aliphatic carboxylic acids is 1. The van der Waals surface area contributed by atoms with Gasteiger partial charge in [-0.3, -0.25) is 0 Å². The topological polar surface area (TPSA) is 57.5 Å². The second-order valence-corrected chi connectivity index (χ2v) is 5.87. The Morgan fingerprint density at radius 2 is 2.06 bits per heavy atom. The largest absolute Gasteiger partial charge is 0.478 e. The van der Waals surface area contributed by atoms with E-state index < -0.39 is 12.1 Å². The smallest absolute Gasteiger partial charge is 0.331 e. The minimum atomic E-state index is -0.921. The van der Waals surface area contributed by atoms with Crippen molar-refractivity contribution in [3.63, 3.8) is 0 Å². The van der Waals surface area contributed by atoms with E-state index in [1.807, 2.05) is 13.8 Å². The Balaban J connectivity index is 2.97. The zero-order chi connectivity index (χ0) is 13.8. The van der Waals surface area contributed by atoms with Gasteiger partial charge < -0.3 is 10.2 Å². The third-order valence-corrected chi connectivity index (χ3v) is 3.73. The zero-order valence-corrected chi connectivity index (χ0v) is 11.6. The summed E-state index contributed by atoms with van der Waals surface area (Å²) in [7, 11) is 0. The van der Waals surface area contributed by atoms with E-state index in [9.17, 15) is 9.90 Å². The van der Waals surface area contributed by atoms with Crippen LogP contribution in [0.4, 0.5) is 0 Å². The third-order valence-electron chi connectivity index (χ3n) is 3.73. The molecule has 0 aromatic carbocycles. The minimum absolute atomic E-state index is 0.272. The van der Waals surface area contributed by atoms with Crippen molar-refractivity contribution < 1.29 is 15.0 Å². The van der Waals surface area contributed by atoms with Crippen LogP contribution in [-0.2, 0) is 4.79 Å². The Labute approximate surface area is 109 Å². The molecule has 0 saturated heterocycles. The van der Waals surface area contributed by atoms with Crippen LogP contribution < -0.4 is 0 Å². The van der Waals surface area contributed by atoms with Crippen LogP contribution in [0.2, 0.25) is 0 Å². The van der Waals surface area contributed by atoms with E-state index in [0.717, 1.165) is 25.7 Å². The monoisotopic (exact) mass is 252 g/mol. The van der Waals surface area contributed by atoms with Gasteiger partial charge >= 0.3 is 5.97 Å². The molecule has 0 amide bonds. The summed E-state index contributed by atoms with van der Waals surface area (Å²) in [6, 6.07) is 0. The van der Waals surface area contributed by atoms with Crippen LogP contribution in [-0.4, -0.2) is 22.3 Å². The summed E-state index contributed by atoms with van der Waals surface area (Å²) in [5.41, 5.74) is 1.36. The molecule has 0 saturated carbocycles. The molecule has 0 fully saturated rings. The lowest BCUT2D eigenvalue weighted by Crippen LogP contribution is -2.28. The summed E-state index contributed by atoms with van der Waals surface area (Å²) < 4.78 is 0. The van der Waals surface area contributed by atoms with Crippen LogP contribution in [0.5, 0.6) is 0 Å². The van der Waals surface area contributed by atoms with Crippen LogP contribution in [0.15, 0.2) is 23.3 Å². The number of hydrogen-bond donors (Lipinski definition) is 2. The van der Waals surface area contributed by atoms with Crippen molar-refractivity contribution in [2.45, 2.75) is 59.0 Å². The fourth-order valence-corrected chi connectivity index (χ4v) is 2.22. The van der Waals surface area contributed by atoms with E-state index in [1.165, 1.54) is 11.6 Å². The van der Waals surface area contributed by atoms with Crippen LogP contribution in [0.25, 0.3) is 0 Å². The quantitative estimate of drug-likeness (QED) is 0.704. The summed E-state index contributed by atoms with van der Waals surface area (Å²) in [6.45, 7) is 6.07. The van der Waals surface area contributed by atoms with Gasteiger partial charge in [-0.1, -0.05) is 25.5 Å². The van der Waals surface area contributed by atoms with E-state index in [2.05, 4.69) is 13.0 Å². The molecule has 1 aliphatic carbocycles. The maximum absolute atomic E-state index is 11.1. The highest BCUT2D eigenvalue weighted by molar-refractivity contribution is 5.86. The minimum Gasteiger partial charge on any atom is -0.478 e. The van der Waals surface area contributed by atoms with Crippen molar-refractivity contribution in [3.05, 3.63) is 23.3 Å². The number of aliphatic hydroxyl groups excluding tert-OH is 1. The van der Waals surface area contributed by atoms with Crippen molar-refractivity contribution in [3.8, 4) is 0 Å². The van der Waals surface area contributed by atoms with Crippen molar-refractivity contribution in [2.75, 3.05) is 0 Å². The lowest BCUT2D eigenvalue weighted by atomic mass is 9.80. The van der Waals surface area contributed by atoms with Gasteiger partial charge in [0.2, 0.25) is 0 Å². The van der Waals surface area contributed by atoms with E-state index in [-0.39, 0.29) is 5.41 Å². The summed E-state index contributed by atoms with van der Waals surface area (Å²) in [5, 5.41) is 19.3. The van der Waals surface area contributed by atoms with Gasteiger partial charge in [-0.05, 0) is 50.5 Å². The van der Waals surface area contributed by atoms with Crippen LogP contribution >= 0.6 is 0 Å². The van der Waals surface area contributed by atoms with Gasteiger partial charge in [0.25, 0.3) is 0 Å². The molecule has 3 heteroatoms. The first kappa shape index (κ1) is 15.0. The Hall–Kier alpha value is -1.09. The molecule has 1 atom stereocenters. The number of rotatable bonds is 1. The molecule has 0 unspecified atom stereocenters. The van der Waals surface area contributed by atoms with Gasteiger partial charge in [-0.2, -0.15) is 0 Å². The first-order valence-electron chi connectivity index (χ1n) is 6.60. The number of hydrogen-bond acceptors (Lipinski definition) is 2. The highest BCUT2D eigenvalue weighted by atomic mass is 16.4. The molecule has 0 aromatic heterocycles. The van der Waals surface area contributed by atoms with Gasteiger partial charge in [-0.25, -0.2) is 4.79 Å². The summed E-state index contributed by atoms with van der Waals surface area (Å²) in [5.74, 6) is -0.921. The predicted octanol–water partition coefficient (Wildman–Crippen LogP) is 3.29. The Bertz CT molecular complexity index is 364.